The van der Waals surface area contributed by atoms with Gasteiger partial charge in [-0.05, 0) is 62.4 Å². The molecule has 2 amide bonds. The van der Waals surface area contributed by atoms with Crippen LogP contribution in [0.1, 0.15) is 59.6 Å². The number of nitrogens with zero attached hydrogens (tertiary/aromatic N) is 1. The number of thiophene rings is 1. The lowest BCUT2D eigenvalue weighted by Crippen LogP contribution is -2.50. The van der Waals surface area contributed by atoms with Gasteiger partial charge in [-0.25, -0.2) is 0 Å². The highest BCUT2D eigenvalue weighted by atomic mass is 32.1. The van der Waals surface area contributed by atoms with Gasteiger partial charge in [0.05, 0.1) is 6.54 Å². The maximum absolute atomic E-state index is 14.0. The summed E-state index contributed by atoms with van der Waals surface area (Å²) in [7, 11) is 0. The van der Waals surface area contributed by atoms with Gasteiger partial charge in [-0.3, -0.25) is 9.59 Å². The number of aryl methyl sites for hydroxylation is 1. The second-order valence-corrected chi connectivity index (χ2v) is 10.4. The van der Waals surface area contributed by atoms with E-state index in [1.807, 2.05) is 69.5 Å². The largest absolute Gasteiger partial charge is 0.486 e. The number of rotatable bonds is 8. The first-order valence-electron chi connectivity index (χ1n) is 11.9. The Morgan fingerprint density at radius 2 is 1.77 bits per heavy atom. The average molecular weight is 493 g/mol. The zero-order valence-corrected chi connectivity index (χ0v) is 21.5. The molecule has 35 heavy (non-hydrogen) atoms. The summed E-state index contributed by atoms with van der Waals surface area (Å²) in [4.78, 5) is 30.5. The van der Waals surface area contributed by atoms with Crippen molar-refractivity contribution in [2.24, 2.45) is 0 Å². The quantitative estimate of drug-likeness (QED) is 0.450. The Labute approximate surface area is 210 Å². The minimum absolute atomic E-state index is 0.205. The van der Waals surface area contributed by atoms with Gasteiger partial charge in [-0.2, -0.15) is 0 Å². The molecule has 0 fully saturated rings. The smallest absolute Gasteiger partial charge is 0.255 e. The van der Waals surface area contributed by atoms with Crippen LogP contribution in [0.2, 0.25) is 0 Å². The number of carbonyl (C=O) groups excluding carboxylic acids is 2. The summed E-state index contributed by atoms with van der Waals surface area (Å²) in [6.07, 6.45) is 0.764. The molecule has 7 heteroatoms. The molecule has 1 atom stereocenters. The second kappa shape index (κ2) is 10.5. The highest BCUT2D eigenvalue weighted by Gasteiger charge is 2.35. The van der Waals surface area contributed by atoms with Crippen LogP contribution in [0.4, 0.5) is 0 Å². The molecule has 0 unspecified atom stereocenters. The predicted octanol–water partition coefficient (Wildman–Crippen LogP) is 5.52. The second-order valence-electron chi connectivity index (χ2n) is 9.41. The molecule has 2 aromatic carbocycles. The van der Waals surface area contributed by atoms with Crippen molar-refractivity contribution in [1.82, 2.24) is 10.2 Å². The molecule has 0 saturated heterocycles. The van der Waals surface area contributed by atoms with Crippen LogP contribution in [0.3, 0.4) is 0 Å². The Morgan fingerprint density at radius 1 is 1.06 bits per heavy atom. The topological polar surface area (TPSA) is 67.9 Å². The molecule has 1 N–H and O–H groups in total. The van der Waals surface area contributed by atoms with E-state index in [-0.39, 0.29) is 11.8 Å². The van der Waals surface area contributed by atoms with Crippen LogP contribution < -0.4 is 14.8 Å². The number of amides is 2. The Bertz CT molecular complexity index is 1170. The first-order valence-corrected chi connectivity index (χ1v) is 12.8. The molecule has 0 bridgehead atoms. The minimum Gasteiger partial charge on any atom is -0.486 e. The summed E-state index contributed by atoms with van der Waals surface area (Å²) in [5, 5.41) is 5.14. The van der Waals surface area contributed by atoms with Crippen molar-refractivity contribution in [3.63, 3.8) is 0 Å². The van der Waals surface area contributed by atoms with Crippen LogP contribution in [-0.2, 0) is 11.3 Å². The fraction of sp³-hybridized carbons (Fsp3) is 0.357. The van der Waals surface area contributed by atoms with E-state index in [0.29, 0.717) is 36.8 Å². The van der Waals surface area contributed by atoms with Gasteiger partial charge in [0, 0.05) is 16.0 Å². The number of benzene rings is 2. The molecule has 0 radical (unpaired) electrons. The Hall–Kier alpha value is -3.32. The molecular formula is C28H32N2O4S. The molecule has 2 heterocycles. The molecule has 0 saturated carbocycles. The number of nitrogens with one attached hydrogen (secondary N) is 1. The zero-order chi connectivity index (χ0) is 25.0. The lowest BCUT2D eigenvalue weighted by Gasteiger charge is -2.34. The first-order chi connectivity index (χ1) is 16.8. The predicted molar refractivity (Wildman–Crippen MR) is 138 cm³/mol. The minimum atomic E-state index is -0.802. The molecule has 1 aliphatic heterocycles. The van der Waals surface area contributed by atoms with E-state index >= 15 is 0 Å². The van der Waals surface area contributed by atoms with Crippen LogP contribution in [-0.4, -0.2) is 35.5 Å². The van der Waals surface area contributed by atoms with Crippen LogP contribution in [0, 0.1) is 6.92 Å². The molecule has 1 aliphatic rings. The van der Waals surface area contributed by atoms with Gasteiger partial charge in [0.1, 0.15) is 19.3 Å². The third kappa shape index (κ3) is 5.85. The maximum atomic E-state index is 14.0. The highest BCUT2D eigenvalue weighted by molar-refractivity contribution is 7.09. The summed E-state index contributed by atoms with van der Waals surface area (Å²) in [6, 6.07) is 16.1. The van der Waals surface area contributed by atoms with Crippen molar-refractivity contribution in [3.05, 3.63) is 81.5 Å². The van der Waals surface area contributed by atoms with Crippen molar-refractivity contribution < 1.29 is 19.1 Å². The standard InChI is InChI=1S/C28H32N2O4S/c1-5-28(3,4)29-26(31)25(20-10-8-19(2)9-11-20)30(18-22-7-6-16-35-22)27(32)21-12-13-23-24(17-21)34-15-14-33-23/h6-13,16-17,25H,5,14-15,18H2,1-4H3,(H,29,31)/t25-/m1/s1. The summed E-state index contributed by atoms with van der Waals surface area (Å²) in [6.45, 7) is 9.24. The van der Waals surface area contributed by atoms with E-state index in [0.717, 1.165) is 22.4 Å². The van der Waals surface area contributed by atoms with E-state index in [9.17, 15) is 9.59 Å². The van der Waals surface area contributed by atoms with Crippen LogP contribution in [0.15, 0.2) is 60.0 Å². The van der Waals surface area contributed by atoms with Gasteiger partial charge in [0.15, 0.2) is 11.5 Å². The summed E-state index contributed by atoms with van der Waals surface area (Å²) in [5.41, 5.74) is 1.90. The molecule has 6 nitrogen and oxygen atoms in total. The van der Waals surface area contributed by atoms with Crippen LogP contribution >= 0.6 is 11.3 Å². The molecule has 3 aromatic rings. The Morgan fingerprint density at radius 3 is 2.43 bits per heavy atom. The summed E-state index contributed by atoms with van der Waals surface area (Å²) >= 11 is 1.56. The monoisotopic (exact) mass is 492 g/mol. The molecular weight excluding hydrogens is 460 g/mol. The fourth-order valence-corrected chi connectivity index (χ4v) is 4.61. The van der Waals surface area contributed by atoms with Gasteiger partial charge in [-0.15, -0.1) is 11.3 Å². The number of carbonyl (C=O) groups is 2. The van der Waals surface area contributed by atoms with Gasteiger partial charge < -0.3 is 19.7 Å². The molecule has 0 aliphatic carbocycles. The third-order valence-electron chi connectivity index (χ3n) is 6.25. The van der Waals surface area contributed by atoms with Crippen molar-refractivity contribution in [2.75, 3.05) is 13.2 Å². The normalized spacial score (nSPS) is 13.7. The lowest BCUT2D eigenvalue weighted by molar-refractivity contribution is -0.127. The highest BCUT2D eigenvalue weighted by Crippen LogP contribution is 2.33. The molecule has 4 rings (SSSR count). The molecule has 0 spiro atoms. The first kappa shape index (κ1) is 24.8. The Balaban J connectivity index is 1.77. The van der Waals surface area contributed by atoms with Gasteiger partial charge in [-0.1, -0.05) is 42.8 Å². The molecule has 184 valence electrons. The van der Waals surface area contributed by atoms with E-state index in [1.165, 1.54) is 0 Å². The fourth-order valence-electron chi connectivity index (χ4n) is 3.90. The van der Waals surface area contributed by atoms with E-state index < -0.39 is 11.6 Å². The number of fused-ring (bicyclic) bond motifs is 1. The van der Waals surface area contributed by atoms with E-state index in [2.05, 4.69) is 5.32 Å². The zero-order valence-electron chi connectivity index (χ0n) is 20.7. The lowest BCUT2D eigenvalue weighted by atomic mass is 9.97. The van der Waals surface area contributed by atoms with Crippen molar-refractivity contribution in [1.29, 1.82) is 0 Å². The van der Waals surface area contributed by atoms with E-state index in [1.54, 1.807) is 34.4 Å². The van der Waals surface area contributed by atoms with Crippen molar-refractivity contribution in [3.8, 4) is 11.5 Å². The van der Waals surface area contributed by atoms with Crippen molar-refractivity contribution in [2.45, 2.75) is 52.2 Å². The third-order valence-corrected chi connectivity index (χ3v) is 7.12. The van der Waals surface area contributed by atoms with E-state index in [4.69, 9.17) is 9.47 Å². The maximum Gasteiger partial charge on any atom is 0.255 e. The molecule has 1 aromatic heterocycles. The van der Waals surface area contributed by atoms with Crippen molar-refractivity contribution >= 4 is 23.2 Å². The van der Waals surface area contributed by atoms with Crippen LogP contribution in [0.5, 0.6) is 11.5 Å². The number of hydrogen-bond acceptors (Lipinski definition) is 5. The van der Waals surface area contributed by atoms with Gasteiger partial charge in [0.2, 0.25) is 5.91 Å². The number of ether oxygens (including phenoxy) is 2. The van der Waals surface area contributed by atoms with Crippen LogP contribution in [0.25, 0.3) is 0 Å². The number of hydrogen-bond donors (Lipinski definition) is 1. The summed E-state index contributed by atoms with van der Waals surface area (Å²) in [5.74, 6) is 0.713. The SMILES string of the molecule is CCC(C)(C)NC(=O)[C@@H](c1ccc(C)cc1)N(Cc1cccs1)C(=O)c1ccc2c(c1)OCCO2. The summed E-state index contributed by atoms with van der Waals surface area (Å²) < 4.78 is 11.3. The van der Waals surface area contributed by atoms with Gasteiger partial charge in [0.25, 0.3) is 5.91 Å². The van der Waals surface area contributed by atoms with Gasteiger partial charge >= 0.3 is 0 Å². The Kier molecular flexibility index (Phi) is 7.45. The average Bonchev–Trinajstić information content (AvgIpc) is 3.37.